The summed E-state index contributed by atoms with van der Waals surface area (Å²) < 4.78 is 0. The molecule has 3 aromatic rings. The zero-order valence-corrected chi connectivity index (χ0v) is 9.27. The van der Waals surface area contributed by atoms with E-state index in [0.717, 1.165) is 34.4 Å². The van der Waals surface area contributed by atoms with E-state index in [0.29, 0.717) is 6.54 Å². The van der Waals surface area contributed by atoms with Crippen molar-refractivity contribution >= 4 is 11.0 Å². The first-order valence-corrected chi connectivity index (χ1v) is 5.54. The van der Waals surface area contributed by atoms with Gasteiger partial charge in [-0.2, -0.15) is 0 Å². The molecule has 0 bridgehead atoms. The van der Waals surface area contributed by atoms with Crippen molar-refractivity contribution in [2.45, 2.75) is 6.42 Å². The van der Waals surface area contributed by atoms with Crippen LogP contribution in [0.25, 0.3) is 22.3 Å². The largest absolute Gasteiger partial charge is 0.348 e. The second kappa shape index (κ2) is 4.03. The average Bonchev–Trinajstić information content (AvgIpc) is 2.96. The van der Waals surface area contributed by atoms with Crippen molar-refractivity contribution in [1.82, 2.24) is 19.9 Å². The fraction of sp³-hybridized carbons (Fsp3) is 0.167. The van der Waals surface area contributed by atoms with Crippen LogP contribution in [-0.2, 0) is 6.42 Å². The van der Waals surface area contributed by atoms with Crippen molar-refractivity contribution in [3.8, 4) is 11.3 Å². The highest BCUT2D eigenvalue weighted by Gasteiger charge is 2.08. The highest BCUT2D eigenvalue weighted by Crippen LogP contribution is 2.23. The molecule has 0 radical (unpaired) electrons. The third-order valence-electron chi connectivity index (χ3n) is 2.81. The number of hydrogen-bond acceptors (Lipinski definition) is 3. The minimum absolute atomic E-state index is 0.613. The molecule has 86 valence electrons. The monoisotopic (exact) mass is 227 g/mol. The van der Waals surface area contributed by atoms with Gasteiger partial charge in [0.2, 0.25) is 0 Å². The summed E-state index contributed by atoms with van der Waals surface area (Å²) in [6.45, 7) is 0.613. The Bertz CT molecular complexity index is 637. The quantitative estimate of drug-likeness (QED) is 0.633. The minimum atomic E-state index is 0.613. The number of nitrogens with two attached hydrogens (primary N) is 1. The SMILES string of the molecule is NCCc1[nH]cnc1-c1ccc2nc[nH]c2c1. The summed E-state index contributed by atoms with van der Waals surface area (Å²) in [7, 11) is 0. The van der Waals surface area contributed by atoms with E-state index < -0.39 is 0 Å². The highest BCUT2D eigenvalue weighted by atomic mass is 14.9. The predicted octanol–water partition coefficient (Wildman–Crippen LogP) is 1.45. The number of nitrogens with one attached hydrogen (secondary N) is 2. The third kappa shape index (κ3) is 1.70. The number of hydrogen-bond donors (Lipinski definition) is 3. The number of nitrogens with zero attached hydrogens (tertiary/aromatic N) is 2. The molecule has 1 aromatic carbocycles. The van der Waals surface area contributed by atoms with Crippen molar-refractivity contribution in [3.63, 3.8) is 0 Å². The van der Waals surface area contributed by atoms with E-state index in [9.17, 15) is 0 Å². The van der Waals surface area contributed by atoms with Crippen LogP contribution in [0.2, 0.25) is 0 Å². The second-order valence-corrected chi connectivity index (χ2v) is 3.90. The Morgan fingerprint density at radius 2 is 2.00 bits per heavy atom. The van der Waals surface area contributed by atoms with Crippen molar-refractivity contribution in [3.05, 3.63) is 36.5 Å². The number of imidazole rings is 2. The molecular formula is C12H13N5. The lowest BCUT2D eigenvalue weighted by Gasteiger charge is -2.01. The van der Waals surface area contributed by atoms with E-state index in [2.05, 4.69) is 26.0 Å². The van der Waals surface area contributed by atoms with Crippen LogP contribution in [0.1, 0.15) is 5.69 Å². The third-order valence-corrected chi connectivity index (χ3v) is 2.81. The Hall–Kier alpha value is -2.14. The van der Waals surface area contributed by atoms with Crippen LogP contribution in [0.15, 0.2) is 30.9 Å². The number of rotatable bonds is 3. The van der Waals surface area contributed by atoms with Gasteiger partial charge >= 0.3 is 0 Å². The van der Waals surface area contributed by atoms with Crippen molar-refractivity contribution in [2.75, 3.05) is 6.54 Å². The maximum Gasteiger partial charge on any atom is 0.0931 e. The maximum atomic E-state index is 5.58. The summed E-state index contributed by atoms with van der Waals surface area (Å²) in [6.07, 6.45) is 4.20. The number of H-pyrrole nitrogens is 2. The molecule has 0 saturated heterocycles. The fourth-order valence-electron chi connectivity index (χ4n) is 1.99. The first-order valence-electron chi connectivity index (χ1n) is 5.54. The normalized spacial score (nSPS) is 11.1. The molecular weight excluding hydrogens is 214 g/mol. The van der Waals surface area contributed by atoms with Crippen molar-refractivity contribution in [1.29, 1.82) is 0 Å². The van der Waals surface area contributed by atoms with Gasteiger partial charge in [-0.3, -0.25) is 0 Å². The van der Waals surface area contributed by atoms with Crippen LogP contribution in [0.5, 0.6) is 0 Å². The Labute approximate surface area is 98.1 Å². The lowest BCUT2D eigenvalue weighted by molar-refractivity contribution is 0.937. The molecule has 0 saturated carbocycles. The van der Waals surface area contributed by atoms with Gasteiger partial charge in [0.05, 0.1) is 29.4 Å². The van der Waals surface area contributed by atoms with Gasteiger partial charge in [0, 0.05) is 17.7 Å². The number of aromatic amines is 2. The van der Waals surface area contributed by atoms with E-state index in [4.69, 9.17) is 5.73 Å². The summed E-state index contributed by atoms with van der Waals surface area (Å²) in [5.74, 6) is 0. The lowest BCUT2D eigenvalue weighted by Crippen LogP contribution is -2.04. The summed E-state index contributed by atoms with van der Waals surface area (Å²) in [4.78, 5) is 14.8. The molecule has 0 spiro atoms. The average molecular weight is 227 g/mol. The molecule has 0 atom stereocenters. The Morgan fingerprint density at radius 3 is 2.88 bits per heavy atom. The molecule has 3 rings (SSSR count). The topological polar surface area (TPSA) is 83.4 Å². The molecule has 0 unspecified atom stereocenters. The van der Waals surface area contributed by atoms with Crippen molar-refractivity contribution in [2.24, 2.45) is 5.73 Å². The smallest absolute Gasteiger partial charge is 0.0931 e. The van der Waals surface area contributed by atoms with Gasteiger partial charge in [0.15, 0.2) is 0 Å². The van der Waals surface area contributed by atoms with E-state index in [1.165, 1.54) is 0 Å². The van der Waals surface area contributed by atoms with E-state index >= 15 is 0 Å². The van der Waals surface area contributed by atoms with Crippen LogP contribution < -0.4 is 5.73 Å². The fourth-order valence-corrected chi connectivity index (χ4v) is 1.99. The first kappa shape index (κ1) is 10.0. The number of fused-ring (bicyclic) bond motifs is 1. The maximum absolute atomic E-state index is 5.58. The highest BCUT2D eigenvalue weighted by molar-refractivity contribution is 5.81. The molecule has 0 aliphatic carbocycles. The number of aromatic nitrogens is 4. The molecule has 0 aliphatic rings. The summed E-state index contributed by atoms with van der Waals surface area (Å²) in [5, 5.41) is 0. The van der Waals surface area contributed by atoms with Crippen LogP contribution in [-0.4, -0.2) is 26.5 Å². The van der Waals surface area contributed by atoms with Gasteiger partial charge in [-0.1, -0.05) is 6.07 Å². The van der Waals surface area contributed by atoms with E-state index in [1.54, 1.807) is 12.7 Å². The minimum Gasteiger partial charge on any atom is -0.348 e. The molecule has 0 aliphatic heterocycles. The van der Waals surface area contributed by atoms with E-state index in [1.807, 2.05) is 12.1 Å². The summed E-state index contributed by atoms with van der Waals surface area (Å²) in [6, 6.07) is 6.07. The Morgan fingerprint density at radius 1 is 1.12 bits per heavy atom. The predicted molar refractivity (Wildman–Crippen MR) is 66.4 cm³/mol. The zero-order valence-electron chi connectivity index (χ0n) is 9.27. The molecule has 5 nitrogen and oxygen atoms in total. The van der Waals surface area contributed by atoms with Crippen LogP contribution in [0, 0.1) is 0 Å². The molecule has 2 heterocycles. The summed E-state index contributed by atoms with van der Waals surface area (Å²) >= 11 is 0. The van der Waals surface area contributed by atoms with Gasteiger partial charge in [-0.25, -0.2) is 9.97 Å². The summed E-state index contributed by atoms with van der Waals surface area (Å²) in [5.41, 5.74) is 10.7. The molecule has 2 aromatic heterocycles. The zero-order chi connectivity index (χ0) is 11.7. The first-order chi connectivity index (χ1) is 8.38. The van der Waals surface area contributed by atoms with Crippen LogP contribution in [0.3, 0.4) is 0 Å². The van der Waals surface area contributed by atoms with Gasteiger partial charge in [0.25, 0.3) is 0 Å². The Balaban J connectivity index is 2.09. The van der Waals surface area contributed by atoms with E-state index in [-0.39, 0.29) is 0 Å². The van der Waals surface area contributed by atoms with Gasteiger partial charge < -0.3 is 15.7 Å². The van der Waals surface area contributed by atoms with Gasteiger partial charge in [-0.05, 0) is 18.7 Å². The van der Waals surface area contributed by atoms with Crippen molar-refractivity contribution < 1.29 is 0 Å². The Kier molecular flexibility index (Phi) is 2.38. The standard InChI is InChI=1S/C12H13N5/c13-4-3-10-12(17-7-15-10)8-1-2-9-11(5-8)16-6-14-9/h1-2,5-7H,3-4,13H2,(H,14,16)(H,15,17). The van der Waals surface area contributed by atoms with Crippen LogP contribution in [0.4, 0.5) is 0 Å². The second-order valence-electron chi connectivity index (χ2n) is 3.90. The van der Waals surface area contributed by atoms with Gasteiger partial charge in [-0.15, -0.1) is 0 Å². The number of benzene rings is 1. The molecule has 0 fully saturated rings. The molecule has 5 heteroatoms. The molecule has 0 amide bonds. The lowest BCUT2D eigenvalue weighted by atomic mass is 10.1. The molecule has 4 N–H and O–H groups in total. The van der Waals surface area contributed by atoms with Gasteiger partial charge in [0.1, 0.15) is 0 Å². The van der Waals surface area contributed by atoms with Crippen LogP contribution >= 0.6 is 0 Å². The molecule has 17 heavy (non-hydrogen) atoms.